The number of para-hydroxylation sites is 1. The van der Waals surface area contributed by atoms with Crippen LogP contribution in [0, 0.1) is 0 Å². The highest BCUT2D eigenvalue weighted by molar-refractivity contribution is 5.91. The van der Waals surface area contributed by atoms with Gasteiger partial charge in [0.15, 0.2) is 5.78 Å². The Morgan fingerprint density at radius 2 is 2.22 bits per heavy atom. The minimum Gasteiger partial charge on any atom is -0.370 e. The summed E-state index contributed by atoms with van der Waals surface area (Å²) in [5.41, 5.74) is 1.98. The molecule has 0 N–H and O–H groups in total. The zero-order chi connectivity index (χ0) is 12.4. The van der Waals surface area contributed by atoms with Crippen molar-refractivity contribution in [2.45, 2.75) is 25.4 Å². The first-order chi connectivity index (χ1) is 8.84. The van der Waals surface area contributed by atoms with Crippen molar-refractivity contribution in [1.29, 1.82) is 0 Å². The van der Waals surface area contributed by atoms with E-state index in [0.29, 0.717) is 13.0 Å². The molecular weight excluding hydrogens is 226 g/mol. The highest BCUT2D eigenvalue weighted by atomic mass is 16.5. The molecule has 0 saturated carbocycles. The van der Waals surface area contributed by atoms with Gasteiger partial charge in [0.1, 0.15) is 6.10 Å². The average Bonchev–Trinajstić information content (AvgIpc) is 2.93. The van der Waals surface area contributed by atoms with E-state index in [0.717, 1.165) is 29.3 Å². The molecular formula is C15H15NO2. The van der Waals surface area contributed by atoms with Crippen LogP contribution in [0.3, 0.4) is 0 Å². The molecule has 2 aromatic rings. The van der Waals surface area contributed by atoms with Gasteiger partial charge in [0, 0.05) is 24.6 Å². The standard InChI is InChI=1S/C15H15NO2/c17-14(15-6-3-9-18-15)10-11-7-8-16-13-5-2-1-4-12(11)13/h1-2,4-5,7-8,15H,3,6,9-10H2. The van der Waals surface area contributed by atoms with E-state index in [-0.39, 0.29) is 11.9 Å². The number of carbonyl (C=O) groups is 1. The number of fused-ring (bicyclic) bond motifs is 1. The molecule has 0 spiro atoms. The normalized spacial score (nSPS) is 19.2. The first kappa shape index (κ1) is 11.4. The van der Waals surface area contributed by atoms with E-state index in [1.165, 1.54) is 0 Å². The van der Waals surface area contributed by atoms with Crippen molar-refractivity contribution < 1.29 is 9.53 Å². The lowest BCUT2D eigenvalue weighted by Crippen LogP contribution is -2.21. The van der Waals surface area contributed by atoms with Crippen molar-refractivity contribution in [3.8, 4) is 0 Å². The Kier molecular flexibility index (Phi) is 3.07. The Balaban J connectivity index is 1.88. The lowest BCUT2D eigenvalue weighted by Gasteiger charge is -2.09. The second-order valence-corrected chi connectivity index (χ2v) is 4.63. The summed E-state index contributed by atoms with van der Waals surface area (Å²) in [6, 6.07) is 9.84. The third kappa shape index (κ3) is 2.14. The fourth-order valence-corrected chi connectivity index (χ4v) is 2.44. The van der Waals surface area contributed by atoms with Crippen molar-refractivity contribution in [1.82, 2.24) is 4.98 Å². The molecule has 1 aliphatic rings. The van der Waals surface area contributed by atoms with Crippen LogP contribution >= 0.6 is 0 Å². The highest BCUT2D eigenvalue weighted by Gasteiger charge is 2.23. The monoisotopic (exact) mass is 241 g/mol. The maximum absolute atomic E-state index is 12.1. The van der Waals surface area contributed by atoms with Crippen LogP contribution in [-0.4, -0.2) is 23.5 Å². The number of ether oxygens (including phenoxy) is 1. The van der Waals surface area contributed by atoms with E-state index >= 15 is 0 Å². The molecule has 1 fully saturated rings. The number of pyridine rings is 1. The van der Waals surface area contributed by atoms with Gasteiger partial charge in [-0.1, -0.05) is 18.2 Å². The van der Waals surface area contributed by atoms with Crippen molar-refractivity contribution >= 4 is 16.7 Å². The summed E-state index contributed by atoms with van der Waals surface area (Å²) in [5.74, 6) is 0.184. The fraction of sp³-hybridized carbons (Fsp3) is 0.333. The molecule has 0 aliphatic carbocycles. The van der Waals surface area contributed by atoms with Crippen LogP contribution in [0.2, 0.25) is 0 Å². The molecule has 1 unspecified atom stereocenters. The van der Waals surface area contributed by atoms with Crippen molar-refractivity contribution in [3.05, 3.63) is 42.1 Å². The maximum atomic E-state index is 12.1. The van der Waals surface area contributed by atoms with Gasteiger partial charge < -0.3 is 4.74 Å². The topological polar surface area (TPSA) is 39.2 Å². The number of Topliss-reactive ketones (excluding diaryl/α,β-unsaturated/α-hetero) is 1. The highest BCUT2D eigenvalue weighted by Crippen LogP contribution is 2.20. The summed E-state index contributed by atoms with van der Waals surface area (Å²) in [6.45, 7) is 0.716. The maximum Gasteiger partial charge on any atom is 0.165 e. The number of rotatable bonds is 3. The van der Waals surface area contributed by atoms with Crippen LogP contribution in [0.1, 0.15) is 18.4 Å². The minimum atomic E-state index is -0.197. The van der Waals surface area contributed by atoms with Crippen molar-refractivity contribution in [2.75, 3.05) is 6.61 Å². The largest absolute Gasteiger partial charge is 0.370 e. The van der Waals surface area contributed by atoms with Gasteiger partial charge in [-0.3, -0.25) is 9.78 Å². The van der Waals surface area contributed by atoms with E-state index in [4.69, 9.17) is 4.74 Å². The molecule has 0 bridgehead atoms. The van der Waals surface area contributed by atoms with Gasteiger partial charge in [0.25, 0.3) is 0 Å². The van der Waals surface area contributed by atoms with Crippen LogP contribution in [0.25, 0.3) is 10.9 Å². The molecule has 0 radical (unpaired) electrons. The molecule has 1 aliphatic heterocycles. The Labute approximate surface area is 106 Å². The zero-order valence-electron chi connectivity index (χ0n) is 10.1. The molecule has 18 heavy (non-hydrogen) atoms. The SMILES string of the molecule is O=C(Cc1ccnc2ccccc12)C1CCCO1. The van der Waals surface area contributed by atoms with E-state index in [1.807, 2.05) is 30.3 Å². The molecule has 1 aromatic heterocycles. The summed E-state index contributed by atoms with van der Waals surface area (Å²) < 4.78 is 5.43. The second-order valence-electron chi connectivity index (χ2n) is 4.63. The Hall–Kier alpha value is -1.74. The van der Waals surface area contributed by atoms with Crippen LogP contribution < -0.4 is 0 Å². The smallest absolute Gasteiger partial charge is 0.165 e. The molecule has 2 heterocycles. The summed E-state index contributed by atoms with van der Waals surface area (Å²) in [5, 5.41) is 1.06. The van der Waals surface area contributed by atoms with E-state index < -0.39 is 0 Å². The minimum absolute atomic E-state index is 0.184. The number of ketones is 1. The number of nitrogens with zero attached hydrogens (tertiary/aromatic N) is 1. The second kappa shape index (κ2) is 4.86. The molecule has 3 nitrogen and oxygen atoms in total. The van der Waals surface area contributed by atoms with Crippen molar-refractivity contribution in [3.63, 3.8) is 0 Å². The summed E-state index contributed by atoms with van der Waals surface area (Å²) in [7, 11) is 0. The van der Waals surface area contributed by atoms with Gasteiger partial charge in [-0.15, -0.1) is 0 Å². The molecule has 0 amide bonds. The Bertz CT molecular complexity index is 568. The third-order valence-electron chi connectivity index (χ3n) is 3.39. The van der Waals surface area contributed by atoms with Crippen molar-refractivity contribution in [2.24, 2.45) is 0 Å². The lowest BCUT2D eigenvalue weighted by molar-refractivity contribution is -0.127. The van der Waals surface area contributed by atoms with E-state index in [1.54, 1.807) is 6.20 Å². The molecule has 1 saturated heterocycles. The van der Waals surface area contributed by atoms with Crippen LogP contribution in [0.15, 0.2) is 36.5 Å². The molecule has 1 atom stereocenters. The quantitative estimate of drug-likeness (QED) is 0.829. The molecule has 92 valence electrons. The number of benzene rings is 1. The average molecular weight is 241 g/mol. The van der Waals surface area contributed by atoms with Crippen LogP contribution in [0.5, 0.6) is 0 Å². The van der Waals surface area contributed by atoms with E-state index in [9.17, 15) is 4.79 Å². The Morgan fingerprint density at radius 1 is 1.33 bits per heavy atom. The van der Waals surface area contributed by atoms with Crippen LogP contribution in [-0.2, 0) is 16.0 Å². The first-order valence-corrected chi connectivity index (χ1v) is 6.31. The molecule has 1 aromatic carbocycles. The number of aromatic nitrogens is 1. The predicted octanol–water partition coefficient (Wildman–Crippen LogP) is 2.53. The number of carbonyl (C=O) groups excluding carboxylic acids is 1. The fourth-order valence-electron chi connectivity index (χ4n) is 2.44. The van der Waals surface area contributed by atoms with Gasteiger partial charge in [-0.25, -0.2) is 0 Å². The van der Waals surface area contributed by atoms with Gasteiger partial charge in [0.2, 0.25) is 0 Å². The summed E-state index contributed by atoms with van der Waals surface area (Å²) >= 11 is 0. The molecule has 3 rings (SSSR count). The molecule has 3 heteroatoms. The first-order valence-electron chi connectivity index (χ1n) is 6.31. The van der Waals surface area contributed by atoms with Gasteiger partial charge in [0.05, 0.1) is 5.52 Å². The van der Waals surface area contributed by atoms with Gasteiger partial charge in [-0.05, 0) is 30.5 Å². The predicted molar refractivity (Wildman–Crippen MR) is 69.4 cm³/mol. The number of hydrogen-bond donors (Lipinski definition) is 0. The third-order valence-corrected chi connectivity index (χ3v) is 3.39. The summed E-state index contributed by atoms with van der Waals surface area (Å²) in [4.78, 5) is 16.4. The van der Waals surface area contributed by atoms with Gasteiger partial charge >= 0.3 is 0 Å². The lowest BCUT2D eigenvalue weighted by atomic mass is 10.0. The Morgan fingerprint density at radius 3 is 3.06 bits per heavy atom. The number of hydrogen-bond acceptors (Lipinski definition) is 3. The zero-order valence-corrected chi connectivity index (χ0v) is 10.1. The van der Waals surface area contributed by atoms with Crippen LogP contribution in [0.4, 0.5) is 0 Å². The van der Waals surface area contributed by atoms with Gasteiger partial charge in [-0.2, -0.15) is 0 Å². The summed E-state index contributed by atoms with van der Waals surface area (Å²) in [6.07, 6.45) is 3.86. The van der Waals surface area contributed by atoms with E-state index in [2.05, 4.69) is 4.98 Å².